The quantitative estimate of drug-likeness (QED) is 0.560. The lowest BCUT2D eigenvalue weighted by molar-refractivity contribution is 0.415. The summed E-state index contributed by atoms with van der Waals surface area (Å²) in [6.07, 6.45) is 4.88. The van der Waals surface area contributed by atoms with Gasteiger partial charge in [-0.2, -0.15) is 0 Å². The van der Waals surface area contributed by atoms with E-state index in [0.29, 0.717) is 45.2 Å². The fourth-order valence-electron chi connectivity index (χ4n) is 2.77. The van der Waals surface area contributed by atoms with E-state index in [-0.39, 0.29) is 5.82 Å². The third kappa shape index (κ3) is 3.15. The fourth-order valence-corrected chi connectivity index (χ4v) is 3.29. The molecule has 0 saturated heterocycles. The highest BCUT2D eigenvalue weighted by atomic mass is 35.5. The van der Waals surface area contributed by atoms with Crippen molar-refractivity contribution in [2.24, 2.45) is 0 Å². The van der Waals surface area contributed by atoms with E-state index in [1.165, 1.54) is 0 Å². The highest BCUT2D eigenvalue weighted by Gasteiger charge is 2.22. The van der Waals surface area contributed by atoms with Gasteiger partial charge in [0.05, 0.1) is 25.5 Å². The normalized spacial score (nSPS) is 11.1. The van der Waals surface area contributed by atoms with E-state index < -0.39 is 0 Å². The molecule has 1 aromatic heterocycles. The molecule has 2 aromatic rings. The predicted octanol–water partition coefficient (Wildman–Crippen LogP) is 3.79. The molecule has 0 spiro atoms. The van der Waals surface area contributed by atoms with Crippen LogP contribution in [0.4, 0.5) is 5.82 Å². The van der Waals surface area contributed by atoms with Crippen molar-refractivity contribution < 1.29 is 4.74 Å². The summed E-state index contributed by atoms with van der Waals surface area (Å²) in [6.45, 7) is 0.380. The highest BCUT2D eigenvalue weighted by Crippen LogP contribution is 2.33. The molecular formula is C18H14Cl2N6O. The van der Waals surface area contributed by atoms with Crippen LogP contribution >= 0.6 is 23.2 Å². The molecule has 2 aliphatic rings. The van der Waals surface area contributed by atoms with Crippen molar-refractivity contribution in [3.63, 3.8) is 0 Å². The Hall–Kier alpha value is -2.90. The molecule has 0 fully saturated rings. The average molecular weight is 401 g/mol. The molecule has 4 rings (SSSR count). The average Bonchev–Trinajstić information content (AvgIpc) is 3.13. The number of imidazole rings is 1. The van der Waals surface area contributed by atoms with Crippen molar-refractivity contribution >= 4 is 29.0 Å². The molecule has 0 bridgehead atoms. The van der Waals surface area contributed by atoms with Crippen molar-refractivity contribution in [2.45, 2.75) is 6.54 Å². The molecular weight excluding hydrogens is 387 g/mol. The molecule has 1 aromatic carbocycles. The van der Waals surface area contributed by atoms with Gasteiger partial charge in [0.1, 0.15) is 5.75 Å². The fraction of sp³-hybridized carbons (Fsp3) is 0.111. The molecule has 27 heavy (non-hydrogen) atoms. The molecule has 0 unspecified atom stereocenters. The molecule has 3 heterocycles. The summed E-state index contributed by atoms with van der Waals surface area (Å²) in [5.74, 6) is 1.92. The zero-order valence-corrected chi connectivity index (χ0v) is 15.7. The summed E-state index contributed by atoms with van der Waals surface area (Å²) < 4.78 is 7.18. The van der Waals surface area contributed by atoms with E-state index >= 15 is 0 Å². The number of pyridine rings is 1. The topological polar surface area (TPSA) is 91.7 Å². The van der Waals surface area contributed by atoms with Crippen LogP contribution in [0.1, 0.15) is 5.56 Å². The molecule has 136 valence electrons. The van der Waals surface area contributed by atoms with Gasteiger partial charge in [0.25, 0.3) is 0 Å². The van der Waals surface area contributed by atoms with Crippen LogP contribution in [-0.2, 0) is 6.54 Å². The number of aromatic nitrogens is 5. The number of hydrogen-bond donors (Lipinski definition) is 1. The van der Waals surface area contributed by atoms with Crippen LogP contribution in [0.2, 0.25) is 10.0 Å². The molecule has 0 amide bonds. The number of ether oxygens (including phenoxy) is 1. The smallest absolute Gasteiger partial charge is 0.167 e. The highest BCUT2D eigenvalue weighted by molar-refractivity contribution is 6.36. The molecule has 2 N–H and O–H groups in total. The van der Waals surface area contributed by atoms with Crippen molar-refractivity contribution in [1.82, 2.24) is 24.5 Å². The number of nitrogens with zero attached hydrogens (tertiary/aromatic N) is 5. The van der Waals surface area contributed by atoms with Crippen molar-refractivity contribution in [2.75, 3.05) is 12.8 Å². The van der Waals surface area contributed by atoms with Gasteiger partial charge in [0.2, 0.25) is 0 Å². The van der Waals surface area contributed by atoms with Gasteiger partial charge in [-0.05, 0) is 18.2 Å². The summed E-state index contributed by atoms with van der Waals surface area (Å²) in [4.78, 5) is 17.5. The SMILES string of the molecule is COc1ccncc1-c1nc2c(N)ncn(Cc3c(Cl)cccc3Cl)c-2n1. The Labute approximate surface area is 165 Å². The molecule has 7 nitrogen and oxygen atoms in total. The van der Waals surface area contributed by atoms with Gasteiger partial charge in [-0.25, -0.2) is 15.0 Å². The van der Waals surface area contributed by atoms with Crippen LogP contribution in [0.5, 0.6) is 5.75 Å². The summed E-state index contributed by atoms with van der Waals surface area (Å²) in [5, 5.41) is 1.13. The Morgan fingerprint density at radius 2 is 1.93 bits per heavy atom. The van der Waals surface area contributed by atoms with E-state index in [4.69, 9.17) is 33.7 Å². The largest absolute Gasteiger partial charge is 0.496 e. The third-order valence-electron chi connectivity index (χ3n) is 4.12. The summed E-state index contributed by atoms with van der Waals surface area (Å²) in [7, 11) is 1.58. The standard InChI is InChI=1S/C18H14Cl2N6O/c1-27-14-5-6-22-7-10(14)17-24-15-16(21)23-9-26(18(15)25-17)8-11-12(19)3-2-4-13(11)20/h2-7,9H,8,21H2,1H3. The lowest BCUT2D eigenvalue weighted by Gasteiger charge is -2.13. The zero-order valence-electron chi connectivity index (χ0n) is 14.2. The molecule has 9 heteroatoms. The first kappa shape index (κ1) is 17.5. The molecule has 0 aliphatic carbocycles. The number of fused-ring (bicyclic) bond motifs is 1. The third-order valence-corrected chi connectivity index (χ3v) is 4.83. The lowest BCUT2D eigenvalue weighted by Crippen LogP contribution is -2.09. The zero-order chi connectivity index (χ0) is 19.0. The maximum absolute atomic E-state index is 6.30. The second-order valence-corrected chi connectivity index (χ2v) is 6.57. The first-order chi connectivity index (χ1) is 13.1. The van der Waals surface area contributed by atoms with Gasteiger partial charge in [-0.15, -0.1) is 0 Å². The second kappa shape index (κ2) is 7.02. The van der Waals surface area contributed by atoms with Crippen LogP contribution in [0.3, 0.4) is 0 Å². The second-order valence-electron chi connectivity index (χ2n) is 5.75. The van der Waals surface area contributed by atoms with Crippen molar-refractivity contribution in [3.8, 4) is 28.7 Å². The number of benzene rings is 1. The van der Waals surface area contributed by atoms with E-state index in [1.54, 1.807) is 54.7 Å². The summed E-state index contributed by atoms with van der Waals surface area (Å²) in [6, 6.07) is 7.11. The van der Waals surface area contributed by atoms with E-state index in [2.05, 4.69) is 19.9 Å². The monoisotopic (exact) mass is 400 g/mol. The van der Waals surface area contributed by atoms with E-state index in [0.717, 1.165) is 5.56 Å². The van der Waals surface area contributed by atoms with Gasteiger partial charge < -0.3 is 15.0 Å². The Balaban J connectivity index is 1.85. The maximum atomic E-state index is 6.30. The maximum Gasteiger partial charge on any atom is 0.167 e. The number of methoxy groups -OCH3 is 1. The Bertz CT molecular complexity index is 1080. The van der Waals surface area contributed by atoms with Gasteiger partial charge >= 0.3 is 0 Å². The molecule has 0 atom stereocenters. The summed E-state index contributed by atoms with van der Waals surface area (Å²) in [5.41, 5.74) is 7.93. The Morgan fingerprint density at radius 3 is 2.67 bits per heavy atom. The van der Waals surface area contributed by atoms with Crippen LogP contribution in [0, 0.1) is 0 Å². The van der Waals surface area contributed by atoms with Gasteiger partial charge in [-0.3, -0.25) is 4.98 Å². The number of halogens is 2. The molecule has 2 aliphatic heterocycles. The van der Waals surface area contributed by atoms with Gasteiger partial charge in [0.15, 0.2) is 23.2 Å². The lowest BCUT2D eigenvalue weighted by atomic mass is 10.2. The summed E-state index contributed by atoms with van der Waals surface area (Å²) >= 11 is 12.6. The van der Waals surface area contributed by atoms with Crippen LogP contribution in [0.25, 0.3) is 22.9 Å². The van der Waals surface area contributed by atoms with Crippen LogP contribution in [0.15, 0.2) is 43.0 Å². The molecule has 0 saturated carbocycles. The molecule has 0 radical (unpaired) electrons. The van der Waals surface area contributed by atoms with Gasteiger partial charge in [-0.1, -0.05) is 29.3 Å². The van der Waals surface area contributed by atoms with Crippen LogP contribution < -0.4 is 10.5 Å². The first-order valence-electron chi connectivity index (χ1n) is 7.98. The van der Waals surface area contributed by atoms with Crippen LogP contribution in [-0.4, -0.2) is 31.6 Å². The number of nitrogen functional groups attached to an aromatic ring is 1. The Kier molecular flexibility index (Phi) is 4.55. The Morgan fingerprint density at radius 1 is 1.15 bits per heavy atom. The van der Waals surface area contributed by atoms with E-state index in [1.807, 2.05) is 0 Å². The number of anilines is 1. The van der Waals surface area contributed by atoms with E-state index in [9.17, 15) is 0 Å². The minimum atomic E-state index is 0.285. The number of rotatable bonds is 4. The van der Waals surface area contributed by atoms with Crippen molar-refractivity contribution in [1.29, 1.82) is 0 Å². The number of hydrogen-bond acceptors (Lipinski definition) is 6. The van der Waals surface area contributed by atoms with Gasteiger partial charge in [0, 0.05) is 28.0 Å². The number of nitrogens with two attached hydrogens (primary N) is 1. The predicted molar refractivity (Wildman–Crippen MR) is 104 cm³/mol. The minimum absolute atomic E-state index is 0.285. The van der Waals surface area contributed by atoms with Crippen molar-refractivity contribution in [3.05, 3.63) is 58.6 Å². The first-order valence-corrected chi connectivity index (χ1v) is 8.73. The minimum Gasteiger partial charge on any atom is -0.496 e.